The van der Waals surface area contributed by atoms with Crippen molar-refractivity contribution >= 4 is 54.1 Å². The molecule has 2 heterocycles. The highest BCUT2D eigenvalue weighted by Gasteiger charge is 2.20. The number of rotatable bonds is 3. The Labute approximate surface area is 132 Å². The standard InChI is InChI=1S/C12H9BrN2O4S2/c1-6-10(5-11(13)20-6)21(17,18)15-7-2-3-9-8(4-7)14-12(16)19-9/h2-5,15H,1H3,(H,14,16). The molecule has 3 aromatic rings. The van der Waals surface area contributed by atoms with Gasteiger partial charge in [0, 0.05) is 4.88 Å². The fourth-order valence-corrected chi connectivity index (χ4v) is 5.39. The molecular formula is C12H9BrN2O4S2. The minimum absolute atomic E-state index is 0.222. The van der Waals surface area contributed by atoms with Crippen LogP contribution >= 0.6 is 27.3 Å². The third kappa shape index (κ3) is 2.76. The lowest BCUT2D eigenvalue weighted by molar-refractivity contribution is 0.555. The number of hydrogen-bond acceptors (Lipinski definition) is 5. The van der Waals surface area contributed by atoms with Gasteiger partial charge >= 0.3 is 5.76 Å². The highest BCUT2D eigenvalue weighted by Crippen LogP contribution is 2.31. The van der Waals surface area contributed by atoms with Crippen molar-refractivity contribution in [3.8, 4) is 0 Å². The summed E-state index contributed by atoms with van der Waals surface area (Å²) in [6.45, 7) is 1.74. The van der Waals surface area contributed by atoms with E-state index in [-0.39, 0.29) is 4.90 Å². The summed E-state index contributed by atoms with van der Waals surface area (Å²) >= 11 is 4.62. The third-order valence-corrected chi connectivity index (χ3v) is 5.99. The maximum atomic E-state index is 12.4. The van der Waals surface area contributed by atoms with Crippen LogP contribution in [0.25, 0.3) is 11.1 Å². The number of sulfonamides is 1. The van der Waals surface area contributed by atoms with E-state index in [1.165, 1.54) is 29.5 Å². The van der Waals surface area contributed by atoms with E-state index in [1.54, 1.807) is 13.0 Å². The number of thiophene rings is 1. The minimum atomic E-state index is -3.68. The number of aromatic nitrogens is 1. The predicted molar refractivity (Wildman–Crippen MR) is 84.4 cm³/mol. The van der Waals surface area contributed by atoms with Crippen molar-refractivity contribution in [2.75, 3.05) is 4.72 Å². The molecule has 2 aromatic heterocycles. The summed E-state index contributed by atoms with van der Waals surface area (Å²) in [5.41, 5.74) is 1.15. The largest absolute Gasteiger partial charge is 0.417 e. The van der Waals surface area contributed by atoms with E-state index in [2.05, 4.69) is 25.6 Å². The summed E-state index contributed by atoms with van der Waals surface area (Å²) in [7, 11) is -3.68. The van der Waals surface area contributed by atoms with Gasteiger partial charge in [-0.3, -0.25) is 9.71 Å². The van der Waals surface area contributed by atoms with Crippen molar-refractivity contribution in [3.05, 3.63) is 43.5 Å². The molecule has 0 fully saturated rings. The van der Waals surface area contributed by atoms with E-state index >= 15 is 0 Å². The Morgan fingerprint density at radius 2 is 2.10 bits per heavy atom. The molecule has 6 nitrogen and oxygen atoms in total. The van der Waals surface area contributed by atoms with Crippen LogP contribution in [-0.2, 0) is 10.0 Å². The fraction of sp³-hybridized carbons (Fsp3) is 0.0833. The van der Waals surface area contributed by atoms with Gasteiger partial charge in [-0.1, -0.05) is 0 Å². The van der Waals surface area contributed by atoms with E-state index in [9.17, 15) is 13.2 Å². The molecule has 0 amide bonds. The second-order valence-corrected chi connectivity index (χ2v) is 8.59. The fourth-order valence-electron chi connectivity index (χ4n) is 1.92. The summed E-state index contributed by atoms with van der Waals surface area (Å²) in [6, 6.07) is 6.13. The normalized spacial score (nSPS) is 11.9. The van der Waals surface area contributed by atoms with Crippen molar-refractivity contribution < 1.29 is 12.8 Å². The SMILES string of the molecule is Cc1sc(Br)cc1S(=O)(=O)Nc1ccc2oc(=O)[nH]c2c1. The first-order valence-electron chi connectivity index (χ1n) is 5.77. The van der Waals surface area contributed by atoms with Crippen LogP contribution in [0, 0.1) is 6.92 Å². The average molecular weight is 389 g/mol. The Hall–Kier alpha value is -1.58. The van der Waals surface area contributed by atoms with Gasteiger partial charge in [0.05, 0.1) is 15.0 Å². The van der Waals surface area contributed by atoms with Gasteiger partial charge in [-0.2, -0.15) is 0 Å². The van der Waals surface area contributed by atoms with E-state index in [1.807, 2.05) is 0 Å². The highest BCUT2D eigenvalue weighted by molar-refractivity contribution is 9.11. The zero-order valence-electron chi connectivity index (χ0n) is 10.6. The summed E-state index contributed by atoms with van der Waals surface area (Å²) in [4.78, 5) is 14.5. The zero-order valence-corrected chi connectivity index (χ0v) is 13.9. The smallest absolute Gasteiger partial charge is 0.408 e. The molecule has 0 spiro atoms. The first-order chi connectivity index (χ1) is 9.85. The van der Waals surface area contributed by atoms with Crippen molar-refractivity contribution in [2.24, 2.45) is 0 Å². The molecule has 0 aliphatic carbocycles. The lowest BCUT2D eigenvalue weighted by Gasteiger charge is -2.07. The molecule has 0 unspecified atom stereocenters. The number of anilines is 1. The summed E-state index contributed by atoms with van der Waals surface area (Å²) in [5, 5.41) is 0. The first-order valence-corrected chi connectivity index (χ1v) is 8.86. The van der Waals surface area contributed by atoms with Crippen LogP contribution in [0.4, 0.5) is 5.69 Å². The molecule has 0 saturated carbocycles. The number of aromatic amines is 1. The minimum Gasteiger partial charge on any atom is -0.408 e. The van der Waals surface area contributed by atoms with E-state index < -0.39 is 15.8 Å². The van der Waals surface area contributed by atoms with Gasteiger partial charge in [0.25, 0.3) is 10.0 Å². The summed E-state index contributed by atoms with van der Waals surface area (Å²) in [6.07, 6.45) is 0. The maximum absolute atomic E-state index is 12.4. The van der Waals surface area contributed by atoms with Crippen molar-refractivity contribution in [3.63, 3.8) is 0 Å². The molecule has 21 heavy (non-hydrogen) atoms. The maximum Gasteiger partial charge on any atom is 0.417 e. The Kier molecular flexibility index (Phi) is 3.42. The van der Waals surface area contributed by atoms with Gasteiger partial charge in [0.1, 0.15) is 4.90 Å². The Morgan fingerprint density at radius 3 is 2.76 bits per heavy atom. The van der Waals surface area contributed by atoms with Crippen LogP contribution < -0.4 is 10.5 Å². The zero-order chi connectivity index (χ0) is 15.2. The second kappa shape index (κ2) is 5.00. The van der Waals surface area contributed by atoms with Crippen LogP contribution in [0.5, 0.6) is 0 Å². The lowest BCUT2D eigenvalue weighted by Crippen LogP contribution is -2.13. The molecule has 0 aliphatic rings. The Balaban J connectivity index is 2.00. The van der Waals surface area contributed by atoms with Crippen molar-refractivity contribution in [2.45, 2.75) is 11.8 Å². The van der Waals surface area contributed by atoms with Crippen LogP contribution in [0.3, 0.4) is 0 Å². The molecule has 9 heteroatoms. The molecule has 0 radical (unpaired) electrons. The van der Waals surface area contributed by atoms with E-state index in [4.69, 9.17) is 4.42 Å². The molecule has 3 rings (SSSR count). The number of halogens is 1. The molecule has 0 atom stereocenters. The van der Waals surface area contributed by atoms with Gasteiger partial charge < -0.3 is 4.42 Å². The number of oxazole rings is 1. The molecule has 0 bridgehead atoms. The molecule has 2 N–H and O–H groups in total. The van der Waals surface area contributed by atoms with Crippen LogP contribution in [0.1, 0.15) is 4.88 Å². The van der Waals surface area contributed by atoms with Crippen LogP contribution in [-0.4, -0.2) is 13.4 Å². The van der Waals surface area contributed by atoms with Gasteiger partial charge in [-0.25, -0.2) is 13.2 Å². The van der Waals surface area contributed by atoms with Crippen LogP contribution in [0.15, 0.2) is 42.2 Å². The van der Waals surface area contributed by atoms with Crippen molar-refractivity contribution in [1.29, 1.82) is 0 Å². The van der Waals surface area contributed by atoms with Gasteiger partial charge in [0.15, 0.2) is 5.58 Å². The van der Waals surface area contributed by atoms with E-state index in [0.717, 1.165) is 3.79 Å². The third-order valence-electron chi connectivity index (χ3n) is 2.80. The van der Waals surface area contributed by atoms with Crippen molar-refractivity contribution in [1.82, 2.24) is 4.98 Å². The Bertz CT molecular complexity index is 984. The molecular weight excluding hydrogens is 380 g/mol. The molecule has 0 aliphatic heterocycles. The number of nitrogens with one attached hydrogen (secondary N) is 2. The molecule has 0 saturated heterocycles. The first kappa shape index (κ1) is 14.4. The summed E-state index contributed by atoms with van der Waals surface area (Å²) in [5.74, 6) is -0.581. The van der Waals surface area contributed by atoms with Gasteiger partial charge in [-0.15, -0.1) is 11.3 Å². The topological polar surface area (TPSA) is 92.2 Å². The second-order valence-electron chi connectivity index (χ2n) is 4.30. The highest BCUT2D eigenvalue weighted by atomic mass is 79.9. The lowest BCUT2D eigenvalue weighted by atomic mass is 10.3. The molecule has 1 aromatic carbocycles. The summed E-state index contributed by atoms with van der Waals surface area (Å²) < 4.78 is 32.8. The number of H-pyrrole nitrogens is 1. The van der Waals surface area contributed by atoms with Gasteiger partial charge in [0.2, 0.25) is 0 Å². The number of aryl methyl sites for hydroxylation is 1. The monoisotopic (exact) mass is 388 g/mol. The Morgan fingerprint density at radius 1 is 1.33 bits per heavy atom. The number of fused-ring (bicyclic) bond motifs is 1. The number of benzene rings is 1. The van der Waals surface area contributed by atoms with Gasteiger partial charge in [-0.05, 0) is 47.1 Å². The number of hydrogen-bond donors (Lipinski definition) is 2. The average Bonchev–Trinajstić information content (AvgIpc) is 2.90. The predicted octanol–water partition coefficient (Wildman–Crippen LogP) is 3.05. The molecule has 110 valence electrons. The van der Waals surface area contributed by atoms with Crippen LogP contribution in [0.2, 0.25) is 0 Å². The van der Waals surface area contributed by atoms with E-state index in [0.29, 0.717) is 21.7 Å². The quantitative estimate of drug-likeness (QED) is 0.720.